The fourth-order valence-corrected chi connectivity index (χ4v) is 1.54. The maximum absolute atomic E-state index is 11.0. The number of aromatic carboxylic acids is 1. The van der Waals surface area contributed by atoms with Crippen molar-refractivity contribution in [2.75, 3.05) is 6.54 Å². The predicted octanol–water partition coefficient (Wildman–Crippen LogP) is -0.783. The van der Waals surface area contributed by atoms with Gasteiger partial charge in [0.2, 0.25) is 11.8 Å². The van der Waals surface area contributed by atoms with E-state index in [1.165, 1.54) is 4.68 Å². The van der Waals surface area contributed by atoms with Crippen LogP contribution in [-0.4, -0.2) is 42.8 Å². The maximum atomic E-state index is 11.0. The van der Waals surface area contributed by atoms with Gasteiger partial charge in [0.05, 0.1) is 5.69 Å². The van der Waals surface area contributed by atoms with Crippen LogP contribution in [0.15, 0.2) is 4.42 Å². The van der Waals surface area contributed by atoms with Crippen LogP contribution in [0, 0.1) is 6.92 Å². The van der Waals surface area contributed by atoms with E-state index >= 15 is 0 Å². The van der Waals surface area contributed by atoms with Gasteiger partial charge in [-0.05, 0) is 6.54 Å². The van der Waals surface area contributed by atoms with E-state index in [1.807, 2.05) is 0 Å². The van der Waals surface area contributed by atoms with Crippen molar-refractivity contribution in [3.05, 3.63) is 23.2 Å². The van der Waals surface area contributed by atoms with E-state index in [9.17, 15) is 4.79 Å². The Morgan fingerprint density at radius 1 is 1.44 bits per heavy atom. The van der Waals surface area contributed by atoms with Gasteiger partial charge in [0.15, 0.2) is 5.69 Å². The van der Waals surface area contributed by atoms with Crippen molar-refractivity contribution < 1.29 is 14.3 Å². The lowest BCUT2D eigenvalue weighted by Gasteiger charge is -2.02. The fraction of sp³-hybridized carbons (Fsp3) is 0.444. The van der Waals surface area contributed by atoms with Crippen LogP contribution < -0.4 is 5.73 Å². The lowest BCUT2D eigenvalue weighted by molar-refractivity contribution is 0.0689. The molecule has 0 spiro atoms. The Bertz CT molecular complexity index is 560. The van der Waals surface area contributed by atoms with Crippen molar-refractivity contribution in [3.63, 3.8) is 0 Å². The Labute approximate surface area is 102 Å². The summed E-state index contributed by atoms with van der Waals surface area (Å²) in [5, 5.41) is 23.8. The quantitative estimate of drug-likeness (QED) is 0.707. The van der Waals surface area contributed by atoms with Crippen molar-refractivity contribution in [2.45, 2.75) is 19.9 Å². The van der Waals surface area contributed by atoms with Gasteiger partial charge >= 0.3 is 5.97 Å². The molecular weight excluding hydrogens is 240 g/mol. The zero-order chi connectivity index (χ0) is 13.1. The van der Waals surface area contributed by atoms with Crippen LogP contribution in [-0.2, 0) is 13.0 Å². The Morgan fingerprint density at radius 3 is 2.78 bits per heavy atom. The summed E-state index contributed by atoms with van der Waals surface area (Å²) in [6.07, 6.45) is 0.363. The summed E-state index contributed by atoms with van der Waals surface area (Å²) in [5.41, 5.74) is 5.79. The molecule has 18 heavy (non-hydrogen) atoms. The van der Waals surface area contributed by atoms with E-state index in [0.29, 0.717) is 30.4 Å². The lowest BCUT2D eigenvalue weighted by Crippen LogP contribution is -2.14. The van der Waals surface area contributed by atoms with E-state index in [4.69, 9.17) is 15.3 Å². The monoisotopic (exact) mass is 252 g/mol. The lowest BCUT2D eigenvalue weighted by atomic mass is 10.2. The van der Waals surface area contributed by atoms with Crippen LogP contribution in [0.1, 0.15) is 28.0 Å². The standard InChI is InChI=1S/C9H12N6O3/c1-5-11-12-7(18-5)4-15-6(2-3-10)8(9(16)17)13-14-15/h2-4,10H2,1H3,(H,16,17). The molecule has 0 amide bonds. The third-order valence-electron chi connectivity index (χ3n) is 2.27. The average Bonchev–Trinajstić information content (AvgIpc) is 2.88. The van der Waals surface area contributed by atoms with Crippen molar-refractivity contribution in [1.29, 1.82) is 0 Å². The molecular formula is C9H12N6O3. The van der Waals surface area contributed by atoms with Crippen LogP contribution in [0.3, 0.4) is 0 Å². The topological polar surface area (TPSA) is 133 Å². The van der Waals surface area contributed by atoms with Gasteiger partial charge in [0, 0.05) is 13.3 Å². The molecule has 3 N–H and O–H groups in total. The second-order valence-electron chi connectivity index (χ2n) is 3.60. The number of hydrogen-bond donors (Lipinski definition) is 2. The number of carboxylic acids is 1. The summed E-state index contributed by atoms with van der Waals surface area (Å²) in [7, 11) is 0. The summed E-state index contributed by atoms with van der Waals surface area (Å²) in [4.78, 5) is 11.0. The van der Waals surface area contributed by atoms with E-state index in [-0.39, 0.29) is 12.2 Å². The zero-order valence-corrected chi connectivity index (χ0v) is 9.70. The van der Waals surface area contributed by atoms with Crippen molar-refractivity contribution in [3.8, 4) is 0 Å². The molecule has 96 valence electrons. The summed E-state index contributed by atoms with van der Waals surface area (Å²) in [6.45, 7) is 2.15. The van der Waals surface area contributed by atoms with Crippen LogP contribution in [0.4, 0.5) is 0 Å². The minimum atomic E-state index is -1.13. The Morgan fingerprint density at radius 2 is 2.22 bits per heavy atom. The van der Waals surface area contributed by atoms with Gasteiger partial charge in [0.1, 0.15) is 6.54 Å². The van der Waals surface area contributed by atoms with Crippen molar-refractivity contribution >= 4 is 5.97 Å². The zero-order valence-electron chi connectivity index (χ0n) is 9.70. The molecule has 0 atom stereocenters. The third kappa shape index (κ3) is 2.35. The van der Waals surface area contributed by atoms with Gasteiger partial charge in [-0.2, -0.15) is 0 Å². The SMILES string of the molecule is Cc1nnc(Cn2nnc(C(=O)O)c2CCN)o1. The average molecular weight is 252 g/mol. The molecule has 0 aliphatic heterocycles. The molecule has 0 radical (unpaired) electrons. The van der Waals surface area contributed by atoms with Gasteiger partial charge in [-0.1, -0.05) is 5.21 Å². The first-order chi connectivity index (χ1) is 8.61. The number of carbonyl (C=O) groups is 1. The van der Waals surface area contributed by atoms with E-state index in [1.54, 1.807) is 6.92 Å². The summed E-state index contributed by atoms with van der Waals surface area (Å²) in [6, 6.07) is 0. The molecule has 0 saturated carbocycles. The first kappa shape index (κ1) is 12.2. The Balaban J connectivity index is 2.29. The van der Waals surface area contributed by atoms with E-state index in [0.717, 1.165) is 0 Å². The first-order valence-electron chi connectivity index (χ1n) is 5.26. The number of carboxylic acid groups (broad SMARTS) is 1. The Kier molecular flexibility index (Phi) is 3.33. The molecule has 0 fully saturated rings. The predicted molar refractivity (Wildman–Crippen MR) is 57.9 cm³/mol. The Hall–Kier alpha value is -2.29. The highest BCUT2D eigenvalue weighted by Crippen LogP contribution is 2.09. The molecule has 0 aliphatic rings. The fourth-order valence-electron chi connectivity index (χ4n) is 1.54. The normalized spacial score (nSPS) is 10.8. The molecule has 0 aliphatic carbocycles. The summed E-state index contributed by atoms with van der Waals surface area (Å²) in [5.74, 6) is -0.358. The summed E-state index contributed by atoms with van der Waals surface area (Å²) < 4.78 is 6.61. The molecule has 2 heterocycles. The van der Waals surface area contributed by atoms with Gasteiger partial charge in [-0.3, -0.25) is 0 Å². The maximum Gasteiger partial charge on any atom is 0.358 e. The number of aryl methyl sites for hydroxylation is 1. The highest BCUT2D eigenvalue weighted by molar-refractivity contribution is 5.86. The molecule has 2 aromatic heterocycles. The second-order valence-corrected chi connectivity index (χ2v) is 3.60. The second kappa shape index (κ2) is 4.92. The van der Waals surface area contributed by atoms with E-state index in [2.05, 4.69) is 20.5 Å². The number of nitrogens with two attached hydrogens (primary N) is 1. The summed E-state index contributed by atoms with van der Waals surface area (Å²) >= 11 is 0. The number of aromatic nitrogens is 5. The van der Waals surface area contributed by atoms with E-state index < -0.39 is 5.97 Å². The largest absolute Gasteiger partial charge is 0.476 e. The first-order valence-corrected chi connectivity index (χ1v) is 5.26. The molecule has 9 nitrogen and oxygen atoms in total. The highest BCUT2D eigenvalue weighted by Gasteiger charge is 2.19. The minimum Gasteiger partial charge on any atom is -0.476 e. The highest BCUT2D eigenvalue weighted by atomic mass is 16.4. The number of nitrogens with zero attached hydrogens (tertiary/aromatic N) is 5. The van der Waals surface area contributed by atoms with Gasteiger partial charge in [0.25, 0.3) is 0 Å². The van der Waals surface area contributed by atoms with Gasteiger partial charge in [-0.25, -0.2) is 9.48 Å². The number of rotatable bonds is 5. The smallest absolute Gasteiger partial charge is 0.358 e. The van der Waals surface area contributed by atoms with Crippen LogP contribution in [0.2, 0.25) is 0 Å². The van der Waals surface area contributed by atoms with Crippen LogP contribution in [0.25, 0.3) is 0 Å². The van der Waals surface area contributed by atoms with Crippen LogP contribution in [0.5, 0.6) is 0 Å². The van der Waals surface area contributed by atoms with Crippen LogP contribution >= 0.6 is 0 Å². The minimum absolute atomic E-state index is 0.100. The molecule has 0 aromatic carbocycles. The molecule has 2 aromatic rings. The molecule has 0 unspecified atom stereocenters. The molecule has 0 bridgehead atoms. The molecule has 0 saturated heterocycles. The van der Waals surface area contributed by atoms with Crippen molar-refractivity contribution in [1.82, 2.24) is 25.2 Å². The van der Waals surface area contributed by atoms with Crippen molar-refractivity contribution in [2.24, 2.45) is 5.73 Å². The molecule has 2 rings (SSSR count). The third-order valence-corrected chi connectivity index (χ3v) is 2.27. The van der Waals surface area contributed by atoms with Gasteiger partial charge in [-0.15, -0.1) is 15.3 Å². The number of hydrogen-bond acceptors (Lipinski definition) is 7. The molecule has 9 heteroatoms. The van der Waals surface area contributed by atoms with Gasteiger partial charge < -0.3 is 15.3 Å².